The van der Waals surface area contributed by atoms with Crippen molar-refractivity contribution in [2.75, 3.05) is 25.6 Å². The summed E-state index contributed by atoms with van der Waals surface area (Å²) in [5, 5.41) is 0.0895. The SMILES string of the molecule is COc1cccnc1N(C)CC(C)Cl. The molecule has 1 rings (SSSR count). The Morgan fingerprint density at radius 2 is 2.36 bits per heavy atom. The van der Waals surface area contributed by atoms with Gasteiger partial charge in [-0.05, 0) is 19.1 Å². The molecule has 0 fully saturated rings. The molecule has 0 aliphatic rings. The summed E-state index contributed by atoms with van der Waals surface area (Å²) in [5.41, 5.74) is 0. The van der Waals surface area contributed by atoms with Gasteiger partial charge in [0.1, 0.15) is 0 Å². The summed E-state index contributed by atoms with van der Waals surface area (Å²) in [6, 6.07) is 3.73. The fourth-order valence-corrected chi connectivity index (χ4v) is 1.50. The summed E-state index contributed by atoms with van der Waals surface area (Å²) in [5.74, 6) is 1.59. The number of anilines is 1. The predicted molar refractivity (Wildman–Crippen MR) is 59.4 cm³/mol. The smallest absolute Gasteiger partial charge is 0.171 e. The molecule has 1 atom stereocenters. The molecule has 3 nitrogen and oxygen atoms in total. The monoisotopic (exact) mass is 214 g/mol. The lowest BCUT2D eigenvalue weighted by Crippen LogP contribution is -2.25. The molecule has 0 N–H and O–H groups in total. The first-order chi connectivity index (χ1) is 6.65. The average Bonchev–Trinajstić information content (AvgIpc) is 2.16. The highest BCUT2D eigenvalue weighted by Crippen LogP contribution is 2.23. The number of hydrogen-bond acceptors (Lipinski definition) is 3. The van der Waals surface area contributed by atoms with Gasteiger partial charge in [0.15, 0.2) is 11.6 Å². The van der Waals surface area contributed by atoms with Gasteiger partial charge in [-0.15, -0.1) is 11.6 Å². The molecule has 0 bridgehead atoms. The second kappa shape index (κ2) is 5.05. The minimum absolute atomic E-state index is 0.0895. The summed E-state index contributed by atoms with van der Waals surface area (Å²) < 4.78 is 5.20. The Bertz CT molecular complexity index is 291. The van der Waals surface area contributed by atoms with Gasteiger partial charge in [-0.3, -0.25) is 0 Å². The van der Waals surface area contributed by atoms with Gasteiger partial charge in [0.05, 0.1) is 7.11 Å². The average molecular weight is 215 g/mol. The Morgan fingerprint density at radius 3 is 2.93 bits per heavy atom. The number of rotatable bonds is 4. The molecule has 1 heterocycles. The van der Waals surface area contributed by atoms with E-state index in [9.17, 15) is 0 Å². The number of aromatic nitrogens is 1. The first-order valence-corrected chi connectivity index (χ1v) is 4.93. The molecule has 0 amide bonds. The summed E-state index contributed by atoms with van der Waals surface area (Å²) in [6.45, 7) is 2.70. The molecular formula is C10H15ClN2O. The number of methoxy groups -OCH3 is 1. The van der Waals surface area contributed by atoms with E-state index in [0.717, 1.165) is 18.1 Å². The van der Waals surface area contributed by atoms with Crippen LogP contribution in [0.3, 0.4) is 0 Å². The highest BCUT2D eigenvalue weighted by molar-refractivity contribution is 6.20. The number of halogens is 1. The predicted octanol–water partition coefficient (Wildman–Crippen LogP) is 2.15. The molecule has 78 valence electrons. The van der Waals surface area contributed by atoms with Crippen molar-refractivity contribution in [2.24, 2.45) is 0 Å². The fourth-order valence-electron chi connectivity index (χ4n) is 1.29. The maximum atomic E-state index is 5.91. The molecule has 0 aliphatic carbocycles. The van der Waals surface area contributed by atoms with Gasteiger partial charge in [0.2, 0.25) is 0 Å². The van der Waals surface area contributed by atoms with Crippen molar-refractivity contribution in [2.45, 2.75) is 12.3 Å². The van der Waals surface area contributed by atoms with Crippen molar-refractivity contribution in [3.63, 3.8) is 0 Å². The molecule has 0 saturated heterocycles. The Labute approximate surface area is 89.7 Å². The normalized spacial score (nSPS) is 12.3. The fraction of sp³-hybridized carbons (Fsp3) is 0.500. The Hall–Kier alpha value is -0.960. The van der Waals surface area contributed by atoms with E-state index in [1.807, 2.05) is 31.0 Å². The second-order valence-electron chi connectivity index (χ2n) is 3.19. The Kier molecular flexibility index (Phi) is 4.01. The van der Waals surface area contributed by atoms with Crippen LogP contribution in [-0.4, -0.2) is 31.1 Å². The van der Waals surface area contributed by atoms with Crippen molar-refractivity contribution in [3.05, 3.63) is 18.3 Å². The zero-order chi connectivity index (χ0) is 10.6. The Balaban J connectivity index is 2.82. The van der Waals surface area contributed by atoms with E-state index >= 15 is 0 Å². The molecule has 1 aromatic rings. The van der Waals surface area contributed by atoms with E-state index in [2.05, 4.69) is 4.98 Å². The van der Waals surface area contributed by atoms with Gasteiger partial charge in [0, 0.05) is 25.2 Å². The third-order valence-corrected chi connectivity index (χ3v) is 2.00. The molecule has 0 spiro atoms. The molecule has 1 aromatic heterocycles. The lowest BCUT2D eigenvalue weighted by Gasteiger charge is -2.21. The van der Waals surface area contributed by atoms with E-state index in [4.69, 9.17) is 16.3 Å². The first-order valence-electron chi connectivity index (χ1n) is 4.49. The van der Waals surface area contributed by atoms with Gasteiger partial charge < -0.3 is 9.64 Å². The van der Waals surface area contributed by atoms with E-state index in [-0.39, 0.29) is 5.38 Å². The zero-order valence-electron chi connectivity index (χ0n) is 8.70. The summed E-state index contributed by atoms with van der Waals surface area (Å²) in [6.07, 6.45) is 1.74. The highest BCUT2D eigenvalue weighted by atomic mass is 35.5. The lowest BCUT2D eigenvalue weighted by atomic mass is 10.3. The third-order valence-electron chi connectivity index (χ3n) is 1.86. The van der Waals surface area contributed by atoms with E-state index < -0.39 is 0 Å². The van der Waals surface area contributed by atoms with Crippen LogP contribution in [0.2, 0.25) is 0 Å². The van der Waals surface area contributed by atoms with Crippen LogP contribution in [0, 0.1) is 0 Å². The van der Waals surface area contributed by atoms with Crippen molar-refractivity contribution in [1.82, 2.24) is 4.98 Å². The van der Waals surface area contributed by atoms with Gasteiger partial charge in [-0.2, -0.15) is 0 Å². The number of pyridine rings is 1. The van der Waals surface area contributed by atoms with Gasteiger partial charge in [-0.25, -0.2) is 4.98 Å². The van der Waals surface area contributed by atoms with E-state index in [0.29, 0.717) is 0 Å². The van der Waals surface area contributed by atoms with Crippen LogP contribution in [0.15, 0.2) is 18.3 Å². The van der Waals surface area contributed by atoms with Crippen LogP contribution in [-0.2, 0) is 0 Å². The number of alkyl halides is 1. The van der Waals surface area contributed by atoms with Crippen molar-refractivity contribution in [3.8, 4) is 5.75 Å². The quantitative estimate of drug-likeness (QED) is 0.719. The molecule has 1 unspecified atom stereocenters. The Morgan fingerprint density at radius 1 is 1.64 bits per heavy atom. The van der Waals surface area contributed by atoms with Crippen LogP contribution in [0.5, 0.6) is 5.75 Å². The second-order valence-corrected chi connectivity index (χ2v) is 3.94. The molecule has 0 aromatic carbocycles. The van der Waals surface area contributed by atoms with Crippen LogP contribution in [0.1, 0.15) is 6.92 Å². The van der Waals surface area contributed by atoms with Gasteiger partial charge in [0.25, 0.3) is 0 Å². The lowest BCUT2D eigenvalue weighted by molar-refractivity contribution is 0.413. The van der Waals surface area contributed by atoms with Gasteiger partial charge in [-0.1, -0.05) is 0 Å². The topological polar surface area (TPSA) is 25.4 Å². The molecule has 0 aliphatic heterocycles. The molecular weight excluding hydrogens is 200 g/mol. The van der Waals surface area contributed by atoms with Crippen molar-refractivity contribution < 1.29 is 4.74 Å². The van der Waals surface area contributed by atoms with Crippen molar-refractivity contribution in [1.29, 1.82) is 0 Å². The van der Waals surface area contributed by atoms with E-state index in [1.54, 1.807) is 13.3 Å². The van der Waals surface area contributed by atoms with Crippen LogP contribution >= 0.6 is 11.6 Å². The standard InChI is InChI=1S/C10H15ClN2O/c1-8(11)7-13(2)10-9(14-3)5-4-6-12-10/h4-6,8H,7H2,1-3H3. The zero-order valence-corrected chi connectivity index (χ0v) is 9.45. The molecule has 14 heavy (non-hydrogen) atoms. The highest BCUT2D eigenvalue weighted by Gasteiger charge is 2.10. The van der Waals surface area contributed by atoms with Crippen molar-refractivity contribution >= 4 is 17.4 Å². The first kappa shape index (κ1) is 11.1. The summed E-state index contributed by atoms with van der Waals surface area (Å²) in [7, 11) is 3.59. The third kappa shape index (κ3) is 2.77. The maximum absolute atomic E-state index is 5.91. The number of hydrogen-bond donors (Lipinski definition) is 0. The number of ether oxygens (including phenoxy) is 1. The maximum Gasteiger partial charge on any atom is 0.171 e. The summed E-state index contributed by atoms with van der Waals surface area (Å²) in [4.78, 5) is 6.23. The minimum Gasteiger partial charge on any atom is -0.493 e. The minimum atomic E-state index is 0.0895. The molecule has 0 saturated carbocycles. The van der Waals surface area contributed by atoms with E-state index in [1.165, 1.54) is 0 Å². The number of nitrogens with zero attached hydrogens (tertiary/aromatic N) is 2. The molecule has 0 radical (unpaired) electrons. The van der Waals surface area contributed by atoms with Crippen LogP contribution in [0.25, 0.3) is 0 Å². The van der Waals surface area contributed by atoms with Gasteiger partial charge >= 0.3 is 0 Å². The summed E-state index contributed by atoms with van der Waals surface area (Å²) >= 11 is 5.91. The largest absolute Gasteiger partial charge is 0.493 e. The van der Waals surface area contributed by atoms with Crippen LogP contribution < -0.4 is 9.64 Å². The van der Waals surface area contributed by atoms with Crippen LogP contribution in [0.4, 0.5) is 5.82 Å². The molecule has 4 heteroatoms.